The average Bonchev–Trinajstić information content (AvgIpc) is 3.27. The van der Waals surface area contributed by atoms with Gasteiger partial charge in [-0.1, -0.05) is 42.5 Å². The van der Waals surface area contributed by atoms with Crippen LogP contribution in [0.4, 0.5) is 0 Å². The van der Waals surface area contributed by atoms with E-state index in [2.05, 4.69) is 61.8 Å². The molecule has 1 aromatic heterocycles. The van der Waals surface area contributed by atoms with E-state index < -0.39 is 0 Å². The molecule has 0 bridgehead atoms. The molecule has 1 spiro atoms. The van der Waals surface area contributed by atoms with Crippen LogP contribution in [0.15, 0.2) is 55.1 Å². The Morgan fingerprint density at radius 1 is 1.07 bits per heavy atom. The summed E-state index contributed by atoms with van der Waals surface area (Å²) in [6.07, 6.45) is 15.3. The van der Waals surface area contributed by atoms with Gasteiger partial charge in [0.05, 0.1) is 6.33 Å². The number of aryl methyl sites for hydroxylation is 1. The first-order valence-corrected chi connectivity index (χ1v) is 10.9. The molecule has 0 saturated carbocycles. The van der Waals surface area contributed by atoms with Crippen molar-refractivity contribution in [3.63, 3.8) is 0 Å². The summed E-state index contributed by atoms with van der Waals surface area (Å²) in [7, 11) is 0. The minimum atomic E-state index is 0.336. The number of aromatic nitrogens is 2. The molecule has 1 aromatic carbocycles. The average molecular weight is 393 g/mol. The number of imidazole rings is 1. The van der Waals surface area contributed by atoms with Crippen LogP contribution in [0.1, 0.15) is 37.7 Å². The zero-order chi connectivity index (χ0) is 19.9. The molecular formula is C24H32N4O. The molecule has 0 N–H and O–H groups in total. The van der Waals surface area contributed by atoms with E-state index in [1.165, 1.54) is 18.4 Å². The minimum absolute atomic E-state index is 0.336. The van der Waals surface area contributed by atoms with E-state index in [1.54, 1.807) is 0 Å². The van der Waals surface area contributed by atoms with E-state index in [9.17, 15) is 4.79 Å². The van der Waals surface area contributed by atoms with Gasteiger partial charge in [-0.3, -0.25) is 9.69 Å². The molecular weight excluding hydrogens is 360 g/mol. The van der Waals surface area contributed by atoms with Gasteiger partial charge in [0, 0.05) is 45.0 Å². The fourth-order valence-corrected chi connectivity index (χ4v) is 4.69. The molecule has 2 fully saturated rings. The zero-order valence-corrected chi connectivity index (χ0v) is 17.2. The second kappa shape index (κ2) is 9.40. The zero-order valence-electron chi connectivity index (χ0n) is 17.2. The van der Waals surface area contributed by atoms with Crippen LogP contribution in [0.25, 0.3) is 6.08 Å². The number of rotatable bonds is 7. The van der Waals surface area contributed by atoms with Crippen LogP contribution in [-0.2, 0) is 11.3 Å². The molecule has 3 heterocycles. The highest BCUT2D eigenvalue weighted by Gasteiger charge is 2.40. The predicted molar refractivity (Wildman–Crippen MR) is 116 cm³/mol. The van der Waals surface area contributed by atoms with Crippen molar-refractivity contribution in [1.82, 2.24) is 19.4 Å². The van der Waals surface area contributed by atoms with Crippen molar-refractivity contribution in [2.75, 3.05) is 32.7 Å². The third-order valence-corrected chi connectivity index (χ3v) is 6.54. The normalized spacial score (nSPS) is 20.0. The molecule has 154 valence electrons. The van der Waals surface area contributed by atoms with Crippen molar-refractivity contribution in [3.8, 4) is 0 Å². The molecule has 5 nitrogen and oxygen atoms in total. The molecule has 0 aliphatic carbocycles. The lowest BCUT2D eigenvalue weighted by molar-refractivity contribution is -0.139. The number of nitrogens with zero attached hydrogens (tertiary/aromatic N) is 4. The maximum atomic E-state index is 12.4. The molecule has 0 radical (unpaired) electrons. The highest BCUT2D eigenvalue weighted by atomic mass is 16.2. The first kappa shape index (κ1) is 19.9. The fourth-order valence-electron chi connectivity index (χ4n) is 4.69. The number of piperidine rings is 2. The molecule has 5 heteroatoms. The van der Waals surface area contributed by atoms with Crippen LogP contribution >= 0.6 is 0 Å². The number of carbonyl (C=O) groups excluding carboxylic acids is 1. The fraction of sp³-hybridized carbons (Fsp3) is 0.500. The Hall–Kier alpha value is -2.40. The smallest absolute Gasteiger partial charge is 0.222 e. The summed E-state index contributed by atoms with van der Waals surface area (Å²) in [5.74, 6) is 0.342. The van der Waals surface area contributed by atoms with Gasteiger partial charge in [-0.25, -0.2) is 4.98 Å². The maximum absolute atomic E-state index is 12.4. The van der Waals surface area contributed by atoms with Crippen molar-refractivity contribution >= 4 is 12.0 Å². The van der Waals surface area contributed by atoms with Crippen molar-refractivity contribution in [2.24, 2.45) is 5.41 Å². The summed E-state index contributed by atoms with van der Waals surface area (Å²) in [6, 6.07) is 10.5. The Morgan fingerprint density at radius 3 is 2.66 bits per heavy atom. The highest BCUT2D eigenvalue weighted by molar-refractivity contribution is 5.77. The summed E-state index contributed by atoms with van der Waals surface area (Å²) in [5, 5.41) is 0. The van der Waals surface area contributed by atoms with Gasteiger partial charge in [0.1, 0.15) is 0 Å². The van der Waals surface area contributed by atoms with Gasteiger partial charge in [0.2, 0.25) is 5.91 Å². The van der Waals surface area contributed by atoms with Gasteiger partial charge in [0.25, 0.3) is 0 Å². The summed E-state index contributed by atoms with van der Waals surface area (Å²) in [6.45, 7) is 6.02. The lowest BCUT2D eigenvalue weighted by Crippen LogP contribution is -2.51. The number of benzene rings is 1. The molecule has 0 atom stereocenters. The van der Waals surface area contributed by atoms with Crippen LogP contribution in [0.3, 0.4) is 0 Å². The summed E-state index contributed by atoms with van der Waals surface area (Å²) in [4.78, 5) is 21.2. The Balaban J connectivity index is 1.23. The van der Waals surface area contributed by atoms with E-state index >= 15 is 0 Å². The molecule has 2 aliphatic heterocycles. The summed E-state index contributed by atoms with van der Waals surface area (Å²) < 4.78 is 2.09. The number of carbonyl (C=O) groups is 1. The molecule has 2 aliphatic rings. The van der Waals surface area contributed by atoms with E-state index in [0.717, 1.165) is 58.5 Å². The molecule has 29 heavy (non-hydrogen) atoms. The van der Waals surface area contributed by atoms with Crippen molar-refractivity contribution in [3.05, 3.63) is 60.7 Å². The van der Waals surface area contributed by atoms with Crippen LogP contribution in [0.2, 0.25) is 0 Å². The SMILES string of the molecule is O=C1CCC2(CCN(C/C=C/c3ccccc3)CC2)CN1CCCn1ccnc1. The number of amides is 1. The Kier molecular flexibility index (Phi) is 6.45. The second-order valence-electron chi connectivity index (χ2n) is 8.58. The Morgan fingerprint density at radius 2 is 1.90 bits per heavy atom. The van der Waals surface area contributed by atoms with E-state index in [0.29, 0.717) is 11.3 Å². The van der Waals surface area contributed by atoms with Crippen molar-refractivity contribution in [2.45, 2.75) is 38.6 Å². The van der Waals surface area contributed by atoms with Crippen LogP contribution in [-0.4, -0.2) is 58.0 Å². The van der Waals surface area contributed by atoms with Gasteiger partial charge < -0.3 is 9.47 Å². The van der Waals surface area contributed by atoms with Crippen molar-refractivity contribution in [1.29, 1.82) is 0 Å². The maximum Gasteiger partial charge on any atom is 0.222 e. The van der Waals surface area contributed by atoms with Crippen LogP contribution < -0.4 is 0 Å². The van der Waals surface area contributed by atoms with Crippen molar-refractivity contribution < 1.29 is 4.79 Å². The molecule has 1 amide bonds. The standard InChI is InChI=1S/C24H32N4O/c29-23-9-10-24(20-28(23)16-5-15-27-19-13-25-21-27)11-17-26(18-12-24)14-4-8-22-6-2-1-3-7-22/h1-4,6-8,13,19,21H,5,9-12,14-18,20H2/b8-4+. The van der Waals surface area contributed by atoms with Gasteiger partial charge in [0.15, 0.2) is 0 Å². The molecule has 2 saturated heterocycles. The van der Waals surface area contributed by atoms with E-state index in [4.69, 9.17) is 0 Å². The van der Waals surface area contributed by atoms with Gasteiger partial charge in [-0.15, -0.1) is 0 Å². The largest absolute Gasteiger partial charge is 0.342 e. The topological polar surface area (TPSA) is 41.4 Å². The number of hydrogen-bond donors (Lipinski definition) is 0. The monoisotopic (exact) mass is 392 g/mol. The Labute approximate surface area is 174 Å². The quantitative estimate of drug-likeness (QED) is 0.722. The van der Waals surface area contributed by atoms with E-state index in [-0.39, 0.29) is 0 Å². The summed E-state index contributed by atoms with van der Waals surface area (Å²) in [5.41, 5.74) is 1.60. The summed E-state index contributed by atoms with van der Waals surface area (Å²) >= 11 is 0. The van der Waals surface area contributed by atoms with Crippen LogP contribution in [0, 0.1) is 5.41 Å². The van der Waals surface area contributed by atoms with Gasteiger partial charge in [-0.05, 0) is 49.8 Å². The lowest BCUT2D eigenvalue weighted by Gasteiger charge is -2.47. The Bertz CT molecular complexity index is 792. The molecule has 0 unspecified atom stereocenters. The van der Waals surface area contributed by atoms with Gasteiger partial charge >= 0.3 is 0 Å². The van der Waals surface area contributed by atoms with Crippen LogP contribution in [0.5, 0.6) is 0 Å². The molecule has 4 rings (SSSR count). The third-order valence-electron chi connectivity index (χ3n) is 6.54. The molecule has 2 aromatic rings. The first-order chi connectivity index (χ1) is 14.2. The second-order valence-corrected chi connectivity index (χ2v) is 8.58. The highest BCUT2D eigenvalue weighted by Crippen LogP contribution is 2.40. The predicted octanol–water partition coefficient (Wildman–Crippen LogP) is 3.69. The third kappa shape index (κ3) is 5.36. The van der Waals surface area contributed by atoms with E-state index in [1.807, 2.05) is 18.7 Å². The number of hydrogen-bond acceptors (Lipinski definition) is 3. The minimum Gasteiger partial charge on any atom is -0.342 e. The van der Waals surface area contributed by atoms with Gasteiger partial charge in [-0.2, -0.15) is 0 Å². The lowest BCUT2D eigenvalue weighted by atomic mass is 9.72. The first-order valence-electron chi connectivity index (χ1n) is 10.9. The number of likely N-dealkylation sites (tertiary alicyclic amines) is 2.